The van der Waals surface area contributed by atoms with Crippen LogP contribution in [0.3, 0.4) is 0 Å². The van der Waals surface area contributed by atoms with Gasteiger partial charge in [-0.05, 0) is 51.4 Å². The lowest BCUT2D eigenvalue weighted by molar-refractivity contribution is 0.108. The summed E-state index contributed by atoms with van der Waals surface area (Å²) in [5, 5.41) is 17.0. The third-order valence-electron chi connectivity index (χ3n) is 6.27. The van der Waals surface area contributed by atoms with Gasteiger partial charge in [-0.25, -0.2) is 9.97 Å². The minimum atomic E-state index is -0.570. The van der Waals surface area contributed by atoms with Gasteiger partial charge in [0.2, 0.25) is 0 Å². The monoisotopic (exact) mass is 450 g/mol. The first-order valence-electron chi connectivity index (χ1n) is 11.9. The zero-order valence-corrected chi connectivity index (χ0v) is 19.8. The molecule has 33 heavy (non-hydrogen) atoms. The van der Waals surface area contributed by atoms with Gasteiger partial charge in [0.15, 0.2) is 5.82 Å². The quantitative estimate of drug-likeness (QED) is 0.496. The molecule has 2 N–H and O–H groups in total. The Morgan fingerprint density at radius 1 is 1.15 bits per heavy atom. The van der Waals surface area contributed by atoms with Crippen LogP contribution in [0.25, 0.3) is 22.6 Å². The molecule has 0 radical (unpaired) electrons. The Morgan fingerprint density at radius 3 is 2.70 bits per heavy atom. The van der Waals surface area contributed by atoms with Crippen LogP contribution in [0, 0.1) is 19.8 Å². The summed E-state index contributed by atoms with van der Waals surface area (Å²) in [7, 11) is 1.80. The van der Waals surface area contributed by atoms with Crippen molar-refractivity contribution < 1.29 is 14.4 Å². The van der Waals surface area contributed by atoms with Crippen molar-refractivity contribution in [2.45, 2.75) is 58.5 Å². The second kappa shape index (κ2) is 10.9. The number of hydrogen-bond donors (Lipinski definition) is 2. The van der Waals surface area contributed by atoms with Crippen molar-refractivity contribution in [2.24, 2.45) is 5.92 Å². The molecular weight excluding hydrogens is 416 g/mol. The van der Waals surface area contributed by atoms with Crippen LogP contribution < -0.4 is 10.1 Å². The number of aryl methyl sites for hydroxylation is 2. The van der Waals surface area contributed by atoms with E-state index < -0.39 is 6.10 Å². The molecule has 2 aromatic heterocycles. The highest BCUT2D eigenvalue weighted by atomic mass is 16.5. The molecule has 1 aliphatic carbocycles. The number of hydrogen-bond acceptors (Lipinski definition) is 7. The SMILES string of the molecule is CNC[C@H](O)COc1cccc(-c2nc(CC3CCCCC3)cc(-c3c(C)noc3C)n2)c1. The predicted octanol–water partition coefficient (Wildman–Crippen LogP) is 4.50. The molecular formula is C26H34N4O3. The van der Waals surface area contributed by atoms with Crippen LogP contribution in [0.15, 0.2) is 34.9 Å². The summed E-state index contributed by atoms with van der Waals surface area (Å²) in [5.41, 5.74) is 4.55. The van der Waals surface area contributed by atoms with Crippen molar-refractivity contribution >= 4 is 0 Å². The number of aliphatic hydroxyl groups excluding tert-OH is 1. The fourth-order valence-corrected chi connectivity index (χ4v) is 4.61. The van der Waals surface area contributed by atoms with Gasteiger partial charge < -0.3 is 19.7 Å². The number of nitrogens with one attached hydrogen (secondary N) is 1. The first-order chi connectivity index (χ1) is 16.0. The smallest absolute Gasteiger partial charge is 0.160 e. The van der Waals surface area contributed by atoms with E-state index in [0.717, 1.165) is 40.4 Å². The highest BCUT2D eigenvalue weighted by Gasteiger charge is 2.19. The fraction of sp³-hybridized carbons (Fsp3) is 0.500. The first kappa shape index (κ1) is 23.4. The van der Waals surface area contributed by atoms with Gasteiger partial charge >= 0.3 is 0 Å². The highest BCUT2D eigenvalue weighted by Crippen LogP contribution is 2.31. The maximum Gasteiger partial charge on any atom is 0.160 e. The summed E-state index contributed by atoms with van der Waals surface area (Å²) in [4.78, 5) is 9.86. The van der Waals surface area contributed by atoms with E-state index in [2.05, 4.69) is 16.5 Å². The summed E-state index contributed by atoms with van der Waals surface area (Å²) in [6.45, 7) is 4.56. The van der Waals surface area contributed by atoms with Gasteiger partial charge in [-0.3, -0.25) is 0 Å². The van der Waals surface area contributed by atoms with Crippen molar-refractivity contribution in [2.75, 3.05) is 20.2 Å². The van der Waals surface area contributed by atoms with Gasteiger partial charge in [0.05, 0.1) is 17.0 Å². The molecule has 0 bridgehead atoms. The molecule has 0 spiro atoms. The van der Waals surface area contributed by atoms with Gasteiger partial charge in [-0.1, -0.05) is 49.4 Å². The van der Waals surface area contributed by atoms with Crippen LogP contribution >= 0.6 is 0 Å². The molecule has 2 heterocycles. The molecule has 0 unspecified atom stereocenters. The van der Waals surface area contributed by atoms with Crippen molar-refractivity contribution in [3.63, 3.8) is 0 Å². The molecule has 0 amide bonds. The predicted molar refractivity (Wildman–Crippen MR) is 128 cm³/mol. The number of nitrogens with zero attached hydrogens (tertiary/aromatic N) is 3. The largest absolute Gasteiger partial charge is 0.491 e. The molecule has 7 heteroatoms. The zero-order valence-electron chi connectivity index (χ0n) is 19.8. The second-order valence-electron chi connectivity index (χ2n) is 9.03. The molecule has 1 saturated carbocycles. The third kappa shape index (κ3) is 5.97. The zero-order chi connectivity index (χ0) is 23.2. The third-order valence-corrected chi connectivity index (χ3v) is 6.27. The lowest BCUT2D eigenvalue weighted by atomic mass is 9.86. The normalized spacial score (nSPS) is 15.5. The molecule has 0 saturated heterocycles. The van der Waals surface area contributed by atoms with Crippen LogP contribution in [0.2, 0.25) is 0 Å². The van der Waals surface area contributed by atoms with Crippen LogP contribution in [0.5, 0.6) is 5.75 Å². The van der Waals surface area contributed by atoms with Crippen LogP contribution in [0.1, 0.15) is 49.3 Å². The van der Waals surface area contributed by atoms with Crippen LogP contribution in [0.4, 0.5) is 0 Å². The molecule has 1 aliphatic rings. The fourth-order valence-electron chi connectivity index (χ4n) is 4.61. The molecule has 1 atom stereocenters. The summed E-state index contributed by atoms with van der Waals surface area (Å²) in [6.07, 6.45) is 6.86. The van der Waals surface area contributed by atoms with E-state index in [-0.39, 0.29) is 6.61 Å². The van der Waals surface area contributed by atoms with Crippen LogP contribution in [-0.2, 0) is 6.42 Å². The van der Waals surface area contributed by atoms with E-state index in [0.29, 0.717) is 24.0 Å². The molecule has 1 fully saturated rings. The van der Waals surface area contributed by atoms with Crippen molar-refractivity contribution in [1.29, 1.82) is 0 Å². The number of rotatable bonds is 9. The van der Waals surface area contributed by atoms with Crippen LogP contribution in [-0.4, -0.2) is 46.5 Å². The van der Waals surface area contributed by atoms with Crippen molar-refractivity contribution in [1.82, 2.24) is 20.4 Å². The lowest BCUT2D eigenvalue weighted by Crippen LogP contribution is -2.29. The average molecular weight is 451 g/mol. The van der Waals surface area contributed by atoms with E-state index >= 15 is 0 Å². The van der Waals surface area contributed by atoms with E-state index in [1.807, 2.05) is 38.1 Å². The summed E-state index contributed by atoms with van der Waals surface area (Å²) in [6, 6.07) is 9.84. The Labute approximate surface area is 195 Å². The maximum atomic E-state index is 9.96. The number of aromatic nitrogens is 3. The van der Waals surface area contributed by atoms with E-state index in [1.54, 1.807) is 7.05 Å². The molecule has 1 aromatic carbocycles. The second-order valence-corrected chi connectivity index (χ2v) is 9.03. The van der Waals surface area contributed by atoms with Gasteiger partial charge in [-0.15, -0.1) is 0 Å². The number of ether oxygens (including phenoxy) is 1. The highest BCUT2D eigenvalue weighted by molar-refractivity contribution is 5.67. The Morgan fingerprint density at radius 2 is 1.97 bits per heavy atom. The topological polar surface area (TPSA) is 93.3 Å². The standard InChI is InChI=1S/C26H34N4O3/c1-17-25(18(2)33-30-17)24-14-21(12-19-8-5-4-6-9-19)28-26(29-24)20-10-7-11-23(13-20)32-16-22(31)15-27-3/h7,10-11,13-14,19,22,27,31H,4-6,8-9,12,15-16H2,1-3H3/t22-/m0/s1. The molecule has 176 valence electrons. The number of benzene rings is 1. The Hall–Kier alpha value is -2.77. The van der Waals surface area contributed by atoms with Gasteiger partial charge in [0, 0.05) is 17.8 Å². The summed E-state index contributed by atoms with van der Waals surface area (Å²) < 4.78 is 11.2. The minimum Gasteiger partial charge on any atom is -0.491 e. The first-order valence-corrected chi connectivity index (χ1v) is 11.9. The van der Waals surface area contributed by atoms with Gasteiger partial charge in [0.25, 0.3) is 0 Å². The Kier molecular flexibility index (Phi) is 7.73. The molecule has 7 nitrogen and oxygen atoms in total. The Bertz CT molecular complexity index is 1040. The van der Waals surface area contributed by atoms with Crippen molar-refractivity contribution in [3.8, 4) is 28.4 Å². The van der Waals surface area contributed by atoms with Gasteiger partial charge in [-0.2, -0.15) is 0 Å². The number of likely N-dealkylation sites (N-methyl/N-ethyl adjacent to an activating group) is 1. The number of aliphatic hydroxyl groups is 1. The van der Waals surface area contributed by atoms with E-state index in [1.165, 1.54) is 32.1 Å². The molecule has 0 aliphatic heterocycles. The lowest BCUT2D eigenvalue weighted by Gasteiger charge is -2.21. The molecule has 3 aromatic rings. The van der Waals surface area contributed by atoms with Crippen molar-refractivity contribution in [3.05, 3.63) is 47.5 Å². The maximum absolute atomic E-state index is 9.96. The minimum absolute atomic E-state index is 0.219. The summed E-state index contributed by atoms with van der Waals surface area (Å²) in [5.74, 6) is 2.78. The average Bonchev–Trinajstić information content (AvgIpc) is 3.16. The van der Waals surface area contributed by atoms with E-state index in [9.17, 15) is 5.11 Å². The Balaban J connectivity index is 1.66. The summed E-state index contributed by atoms with van der Waals surface area (Å²) >= 11 is 0. The van der Waals surface area contributed by atoms with Gasteiger partial charge in [0.1, 0.15) is 24.2 Å². The van der Waals surface area contributed by atoms with E-state index in [4.69, 9.17) is 19.2 Å². The molecule has 4 rings (SSSR count).